The van der Waals surface area contributed by atoms with Crippen LogP contribution in [-0.2, 0) is 14.6 Å². The Balaban J connectivity index is 1.87. The first kappa shape index (κ1) is 20.7. The molecule has 2 rings (SSSR count). The normalized spacial score (nSPS) is 18.9. The van der Waals surface area contributed by atoms with Crippen LogP contribution in [0.2, 0.25) is 0 Å². The molecule has 1 N–H and O–H groups in total. The van der Waals surface area contributed by atoms with E-state index in [0.717, 1.165) is 30.0 Å². The molecule has 0 aromatic heterocycles. The third-order valence-corrected chi connectivity index (χ3v) is 6.89. The van der Waals surface area contributed by atoms with Gasteiger partial charge in [0.2, 0.25) is 5.91 Å². The molecule has 1 aliphatic rings. The standard InChI is InChI=1S/C19H31N3O3S/c1-5-22(6-2)16-7-8-18(15(3)13-16)20-19(23)9-11-21(4)17-10-12-26(24,25)14-17/h7-8,13,17H,5-6,9-12,14H2,1-4H3,(H,20,23). The molecule has 1 aromatic rings. The van der Waals surface area contributed by atoms with E-state index in [1.165, 1.54) is 0 Å². The van der Waals surface area contributed by atoms with Crippen molar-refractivity contribution in [2.45, 2.75) is 39.7 Å². The third kappa shape index (κ3) is 5.45. The maximum atomic E-state index is 12.3. The van der Waals surface area contributed by atoms with Crippen molar-refractivity contribution < 1.29 is 13.2 Å². The number of nitrogens with zero attached hydrogens (tertiary/aromatic N) is 2. The van der Waals surface area contributed by atoms with Gasteiger partial charge in [0.15, 0.2) is 9.84 Å². The van der Waals surface area contributed by atoms with E-state index in [1.54, 1.807) is 0 Å². The number of nitrogens with one attached hydrogen (secondary N) is 1. The fourth-order valence-electron chi connectivity index (χ4n) is 3.37. The zero-order valence-electron chi connectivity index (χ0n) is 16.3. The molecule has 1 heterocycles. The highest BCUT2D eigenvalue weighted by atomic mass is 32.2. The average molecular weight is 382 g/mol. The number of sulfone groups is 1. The van der Waals surface area contributed by atoms with Gasteiger partial charge in [-0.05, 0) is 58.0 Å². The molecule has 1 amide bonds. The Labute approximate surface area is 157 Å². The Morgan fingerprint density at radius 1 is 1.27 bits per heavy atom. The Morgan fingerprint density at radius 3 is 2.50 bits per heavy atom. The first-order chi connectivity index (χ1) is 12.3. The quantitative estimate of drug-likeness (QED) is 0.748. The predicted molar refractivity (Wildman–Crippen MR) is 108 cm³/mol. The van der Waals surface area contributed by atoms with Crippen LogP contribution in [0.15, 0.2) is 18.2 Å². The average Bonchev–Trinajstić information content (AvgIpc) is 2.96. The molecule has 0 spiro atoms. The molecule has 1 unspecified atom stereocenters. The van der Waals surface area contributed by atoms with E-state index in [4.69, 9.17) is 0 Å². The van der Waals surface area contributed by atoms with Gasteiger partial charge in [0.1, 0.15) is 0 Å². The molecule has 1 aromatic carbocycles. The number of carbonyl (C=O) groups excluding carboxylic acids is 1. The van der Waals surface area contributed by atoms with E-state index in [2.05, 4.69) is 30.1 Å². The molecule has 1 aliphatic heterocycles. The molecule has 146 valence electrons. The molecule has 1 saturated heterocycles. The van der Waals surface area contributed by atoms with Crippen LogP contribution in [-0.4, -0.2) is 63.5 Å². The predicted octanol–water partition coefficient (Wildman–Crippen LogP) is 2.29. The van der Waals surface area contributed by atoms with Gasteiger partial charge in [-0.15, -0.1) is 0 Å². The van der Waals surface area contributed by atoms with Gasteiger partial charge in [0.25, 0.3) is 0 Å². The van der Waals surface area contributed by atoms with Crippen molar-refractivity contribution in [3.05, 3.63) is 23.8 Å². The van der Waals surface area contributed by atoms with E-state index in [9.17, 15) is 13.2 Å². The van der Waals surface area contributed by atoms with Crippen molar-refractivity contribution >= 4 is 27.1 Å². The van der Waals surface area contributed by atoms with Gasteiger partial charge < -0.3 is 15.1 Å². The van der Waals surface area contributed by atoms with Gasteiger partial charge in [0.05, 0.1) is 11.5 Å². The molecule has 26 heavy (non-hydrogen) atoms. The summed E-state index contributed by atoms with van der Waals surface area (Å²) in [5.74, 6) is 0.417. The number of anilines is 2. The highest BCUT2D eigenvalue weighted by Gasteiger charge is 2.30. The van der Waals surface area contributed by atoms with Crippen molar-refractivity contribution in [1.29, 1.82) is 0 Å². The summed E-state index contributed by atoms with van der Waals surface area (Å²) in [4.78, 5) is 16.5. The second-order valence-electron chi connectivity index (χ2n) is 7.01. The van der Waals surface area contributed by atoms with Crippen LogP contribution in [0.5, 0.6) is 0 Å². The highest BCUT2D eigenvalue weighted by molar-refractivity contribution is 7.91. The number of benzene rings is 1. The Kier molecular flexibility index (Phi) is 7.06. The second kappa shape index (κ2) is 8.86. The van der Waals surface area contributed by atoms with Gasteiger partial charge in [-0.1, -0.05) is 0 Å². The molecule has 0 aliphatic carbocycles. The van der Waals surface area contributed by atoms with E-state index < -0.39 is 9.84 Å². The molecule has 6 nitrogen and oxygen atoms in total. The Morgan fingerprint density at radius 2 is 1.96 bits per heavy atom. The molecule has 7 heteroatoms. The van der Waals surface area contributed by atoms with Crippen molar-refractivity contribution in [1.82, 2.24) is 4.90 Å². The van der Waals surface area contributed by atoms with Gasteiger partial charge in [-0.25, -0.2) is 8.42 Å². The molecule has 0 saturated carbocycles. The van der Waals surface area contributed by atoms with Crippen molar-refractivity contribution in [2.24, 2.45) is 0 Å². The van der Waals surface area contributed by atoms with Crippen molar-refractivity contribution in [3.63, 3.8) is 0 Å². The molecular weight excluding hydrogens is 350 g/mol. The SMILES string of the molecule is CCN(CC)c1ccc(NC(=O)CCN(C)C2CCS(=O)(=O)C2)c(C)c1. The fourth-order valence-corrected chi connectivity index (χ4v) is 5.17. The van der Waals surface area contributed by atoms with Gasteiger partial charge in [-0.2, -0.15) is 0 Å². The van der Waals surface area contributed by atoms with Crippen LogP contribution in [0, 0.1) is 6.92 Å². The maximum absolute atomic E-state index is 12.3. The minimum Gasteiger partial charge on any atom is -0.372 e. The number of carbonyl (C=O) groups is 1. The first-order valence-electron chi connectivity index (χ1n) is 9.31. The van der Waals surface area contributed by atoms with E-state index in [1.807, 2.05) is 31.0 Å². The zero-order chi connectivity index (χ0) is 19.3. The maximum Gasteiger partial charge on any atom is 0.225 e. The van der Waals surface area contributed by atoms with Crippen LogP contribution >= 0.6 is 0 Å². The smallest absolute Gasteiger partial charge is 0.225 e. The fraction of sp³-hybridized carbons (Fsp3) is 0.632. The van der Waals surface area contributed by atoms with Crippen molar-refractivity contribution in [3.8, 4) is 0 Å². The number of hydrogen-bond acceptors (Lipinski definition) is 5. The number of hydrogen-bond donors (Lipinski definition) is 1. The first-order valence-corrected chi connectivity index (χ1v) is 11.1. The summed E-state index contributed by atoms with van der Waals surface area (Å²) >= 11 is 0. The van der Waals surface area contributed by atoms with Crippen LogP contribution in [0.1, 0.15) is 32.3 Å². The molecule has 1 fully saturated rings. The Bertz CT molecular complexity index is 730. The minimum atomic E-state index is -2.90. The van der Waals surface area contributed by atoms with Crippen LogP contribution in [0.25, 0.3) is 0 Å². The largest absolute Gasteiger partial charge is 0.372 e. The van der Waals surface area contributed by atoms with Crippen molar-refractivity contribution in [2.75, 3.05) is 48.4 Å². The summed E-state index contributed by atoms with van der Waals surface area (Å²) in [6, 6.07) is 6.11. The summed E-state index contributed by atoms with van der Waals surface area (Å²) in [5.41, 5.74) is 3.03. The van der Waals surface area contributed by atoms with Crippen LogP contribution in [0.4, 0.5) is 11.4 Å². The van der Waals surface area contributed by atoms with Gasteiger partial charge in [-0.3, -0.25) is 4.79 Å². The molecular formula is C19H31N3O3S. The monoisotopic (exact) mass is 381 g/mol. The van der Waals surface area contributed by atoms with Crippen LogP contribution in [0.3, 0.4) is 0 Å². The lowest BCUT2D eigenvalue weighted by atomic mass is 10.1. The minimum absolute atomic E-state index is 0.0305. The lowest BCUT2D eigenvalue weighted by molar-refractivity contribution is -0.116. The summed E-state index contributed by atoms with van der Waals surface area (Å²) in [6.07, 6.45) is 1.01. The number of amides is 1. The summed E-state index contributed by atoms with van der Waals surface area (Å²) < 4.78 is 23.1. The van der Waals surface area contributed by atoms with E-state index >= 15 is 0 Å². The molecule has 1 atom stereocenters. The third-order valence-electron chi connectivity index (χ3n) is 5.14. The zero-order valence-corrected chi connectivity index (χ0v) is 17.1. The highest BCUT2D eigenvalue weighted by Crippen LogP contribution is 2.23. The summed E-state index contributed by atoms with van der Waals surface area (Å²) in [5, 5.41) is 2.97. The summed E-state index contributed by atoms with van der Waals surface area (Å²) in [6.45, 7) is 8.71. The number of aryl methyl sites for hydroxylation is 1. The Hall–Kier alpha value is -1.60. The second-order valence-corrected chi connectivity index (χ2v) is 9.24. The molecule has 0 radical (unpaired) electrons. The lowest BCUT2D eigenvalue weighted by Crippen LogP contribution is -2.35. The van der Waals surface area contributed by atoms with E-state index in [0.29, 0.717) is 19.4 Å². The van der Waals surface area contributed by atoms with Gasteiger partial charge >= 0.3 is 0 Å². The topological polar surface area (TPSA) is 69.7 Å². The van der Waals surface area contributed by atoms with Gasteiger partial charge in [0, 0.05) is 43.5 Å². The van der Waals surface area contributed by atoms with Crippen LogP contribution < -0.4 is 10.2 Å². The summed E-state index contributed by atoms with van der Waals surface area (Å²) in [7, 11) is -1.00. The molecule has 0 bridgehead atoms. The number of rotatable bonds is 8. The lowest BCUT2D eigenvalue weighted by Gasteiger charge is -2.23. The van der Waals surface area contributed by atoms with E-state index in [-0.39, 0.29) is 23.5 Å².